The molecule has 1 saturated heterocycles. The van der Waals surface area contributed by atoms with Gasteiger partial charge in [-0.2, -0.15) is 0 Å². The average Bonchev–Trinajstić information content (AvgIpc) is 3.27. The van der Waals surface area contributed by atoms with Crippen molar-refractivity contribution in [2.24, 2.45) is 11.8 Å². The Kier molecular flexibility index (Phi) is 7.47. The zero-order valence-corrected chi connectivity index (χ0v) is 20.5. The van der Waals surface area contributed by atoms with Crippen LogP contribution in [0.4, 0.5) is 0 Å². The first-order chi connectivity index (χ1) is 15.3. The minimum absolute atomic E-state index is 0.00712. The van der Waals surface area contributed by atoms with E-state index >= 15 is 0 Å². The Morgan fingerprint density at radius 2 is 2.12 bits per heavy atom. The standard InChI is InChI=1S/C24H32ClN3O3S/c1-14-6-4-8-20(15(14)2)26-22(29)16(3)32-24-27-21-12-17(25)9-10-19(21)23(30)28(24)13-18-7-5-11-31-18/h9-10,12,14-16,18,20H,4-8,11,13H2,1-3H3,(H,26,29). The number of nitrogens with zero attached hydrogens (tertiary/aromatic N) is 2. The van der Waals surface area contributed by atoms with Gasteiger partial charge in [-0.25, -0.2) is 4.98 Å². The third kappa shape index (κ3) is 5.15. The molecule has 174 valence electrons. The summed E-state index contributed by atoms with van der Waals surface area (Å²) in [6.07, 6.45) is 5.29. The molecule has 2 fully saturated rings. The Hall–Kier alpha value is -1.57. The van der Waals surface area contributed by atoms with Crippen LogP contribution in [0, 0.1) is 11.8 Å². The number of hydrogen-bond donors (Lipinski definition) is 1. The number of carbonyl (C=O) groups excluding carboxylic acids is 1. The van der Waals surface area contributed by atoms with Crippen LogP contribution in [0.15, 0.2) is 28.2 Å². The minimum Gasteiger partial charge on any atom is -0.376 e. The van der Waals surface area contributed by atoms with Gasteiger partial charge < -0.3 is 10.1 Å². The number of fused-ring (bicyclic) bond motifs is 1. The van der Waals surface area contributed by atoms with E-state index in [0.29, 0.717) is 39.5 Å². The number of ether oxygens (including phenoxy) is 1. The maximum Gasteiger partial charge on any atom is 0.262 e. The molecule has 1 amide bonds. The van der Waals surface area contributed by atoms with Gasteiger partial charge in [-0.3, -0.25) is 14.2 Å². The molecular formula is C24H32ClN3O3S. The van der Waals surface area contributed by atoms with Crippen molar-refractivity contribution < 1.29 is 9.53 Å². The zero-order chi connectivity index (χ0) is 22.8. The molecule has 5 unspecified atom stereocenters. The van der Waals surface area contributed by atoms with E-state index in [9.17, 15) is 9.59 Å². The summed E-state index contributed by atoms with van der Waals surface area (Å²) >= 11 is 7.48. The lowest BCUT2D eigenvalue weighted by atomic mass is 9.78. The van der Waals surface area contributed by atoms with Crippen LogP contribution < -0.4 is 10.9 Å². The fraction of sp³-hybridized carbons (Fsp3) is 0.625. The van der Waals surface area contributed by atoms with Gasteiger partial charge >= 0.3 is 0 Å². The third-order valence-electron chi connectivity index (χ3n) is 6.98. The second-order valence-electron chi connectivity index (χ2n) is 9.25. The van der Waals surface area contributed by atoms with Crippen molar-refractivity contribution in [2.75, 3.05) is 6.61 Å². The Morgan fingerprint density at radius 3 is 2.88 bits per heavy atom. The van der Waals surface area contributed by atoms with Crippen molar-refractivity contribution in [1.82, 2.24) is 14.9 Å². The molecule has 2 aromatic rings. The molecule has 8 heteroatoms. The molecule has 2 heterocycles. The third-order valence-corrected chi connectivity index (χ3v) is 8.30. The molecule has 1 aromatic heterocycles. The van der Waals surface area contributed by atoms with Gasteiger partial charge in [-0.1, -0.05) is 50.1 Å². The van der Waals surface area contributed by atoms with Gasteiger partial charge in [0.25, 0.3) is 5.56 Å². The Balaban J connectivity index is 1.58. The van der Waals surface area contributed by atoms with Gasteiger partial charge in [0, 0.05) is 17.7 Å². The Labute approximate surface area is 198 Å². The van der Waals surface area contributed by atoms with Crippen LogP contribution >= 0.6 is 23.4 Å². The fourth-order valence-corrected chi connectivity index (χ4v) is 5.81. The lowest BCUT2D eigenvalue weighted by molar-refractivity contribution is -0.121. The average molecular weight is 478 g/mol. The molecule has 4 rings (SSSR count). The van der Waals surface area contributed by atoms with E-state index in [1.54, 1.807) is 22.8 Å². The summed E-state index contributed by atoms with van der Waals surface area (Å²) < 4.78 is 7.45. The number of aromatic nitrogens is 2. The van der Waals surface area contributed by atoms with Crippen molar-refractivity contribution in [3.05, 3.63) is 33.6 Å². The van der Waals surface area contributed by atoms with Crippen molar-refractivity contribution in [3.63, 3.8) is 0 Å². The quantitative estimate of drug-likeness (QED) is 0.484. The lowest BCUT2D eigenvalue weighted by Crippen LogP contribution is -2.46. The maximum atomic E-state index is 13.3. The fourth-order valence-electron chi connectivity index (χ4n) is 4.71. The van der Waals surface area contributed by atoms with E-state index < -0.39 is 0 Å². The Morgan fingerprint density at radius 1 is 1.31 bits per heavy atom. The summed E-state index contributed by atoms with van der Waals surface area (Å²) in [5, 5.41) is 4.47. The highest BCUT2D eigenvalue weighted by molar-refractivity contribution is 8.00. The first-order valence-electron chi connectivity index (χ1n) is 11.6. The molecule has 1 aliphatic heterocycles. The normalized spacial score (nSPS) is 26.9. The van der Waals surface area contributed by atoms with Gasteiger partial charge in [-0.15, -0.1) is 0 Å². The molecule has 0 bridgehead atoms. The van der Waals surface area contributed by atoms with Crippen LogP contribution in [-0.4, -0.2) is 39.5 Å². The summed E-state index contributed by atoms with van der Waals surface area (Å²) in [6.45, 7) is 7.52. The molecule has 0 radical (unpaired) electrons. The van der Waals surface area contributed by atoms with Crippen molar-refractivity contribution in [3.8, 4) is 0 Å². The van der Waals surface area contributed by atoms with E-state index in [-0.39, 0.29) is 28.9 Å². The Bertz CT molecular complexity index is 1040. The first-order valence-corrected chi connectivity index (χ1v) is 12.9. The predicted molar refractivity (Wildman–Crippen MR) is 129 cm³/mol. The molecule has 1 N–H and O–H groups in total. The summed E-state index contributed by atoms with van der Waals surface area (Å²) in [7, 11) is 0. The number of thioether (sulfide) groups is 1. The number of amides is 1. The van der Waals surface area contributed by atoms with Crippen molar-refractivity contribution in [1.29, 1.82) is 0 Å². The van der Waals surface area contributed by atoms with Crippen LogP contribution in [0.1, 0.15) is 52.9 Å². The monoisotopic (exact) mass is 477 g/mol. The summed E-state index contributed by atoms with van der Waals surface area (Å²) in [4.78, 5) is 31.1. The number of hydrogen-bond acceptors (Lipinski definition) is 5. The topological polar surface area (TPSA) is 73.2 Å². The van der Waals surface area contributed by atoms with E-state index in [2.05, 4.69) is 19.2 Å². The van der Waals surface area contributed by atoms with Gasteiger partial charge in [0.15, 0.2) is 5.16 Å². The van der Waals surface area contributed by atoms with Crippen LogP contribution in [0.3, 0.4) is 0 Å². The molecule has 2 aliphatic rings. The molecule has 1 aromatic carbocycles. The molecule has 1 saturated carbocycles. The van der Waals surface area contributed by atoms with E-state index in [1.165, 1.54) is 18.2 Å². The van der Waals surface area contributed by atoms with E-state index in [0.717, 1.165) is 32.3 Å². The number of halogens is 1. The first kappa shape index (κ1) is 23.6. The number of rotatable bonds is 6. The molecule has 5 atom stereocenters. The van der Waals surface area contributed by atoms with Crippen LogP contribution in [0.2, 0.25) is 5.02 Å². The lowest BCUT2D eigenvalue weighted by Gasteiger charge is -2.35. The van der Waals surface area contributed by atoms with Crippen LogP contribution in [0.25, 0.3) is 10.9 Å². The highest BCUT2D eigenvalue weighted by atomic mass is 35.5. The van der Waals surface area contributed by atoms with Gasteiger partial charge in [-0.05, 0) is 56.2 Å². The van der Waals surface area contributed by atoms with Crippen molar-refractivity contribution >= 4 is 40.2 Å². The second-order valence-corrected chi connectivity index (χ2v) is 11.0. The van der Waals surface area contributed by atoms with Gasteiger partial charge in [0.1, 0.15) is 0 Å². The molecule has 0 spiro atoms. The molecule has 1 aliphatic carbocycles. The zero-order valence-electron chi connectivity index (χ0n) is 19.0. The SMILES string of the molecule is CC(Sc1nc2cc(Cl)ccc2c(=O)n1CC1CCCO1)C(=O)NC1CCCC(C)C1C. The highest BCUT2D eigenvalue weighted by Crippen LogP contribution is 2.30. The largest absolute Gasteiger partial charge is 0.376 e. The molecule has 6 nitrogen and oxygen atoms in total. The van der Waals surface area contributed by atoms with Crippen LogP contribution in [0.5, 0.6) is 0 Å². The van der Waals surface area contributed by atoms with Gasteiger partial charge in [0.05, 0.1) is 28.8 Å². The smallest absolute Gasteiger partial charge is 0.262 e. The second kappa shape index (κ2) is 10.1. The molecular weight excluding hydrogens is 446 g/mol. The summed E-state index contributed by atoms with van der Waals surface area (Å²) in [5.74, 6) is 1.06. The van der Waals surface area contributed by atoms with E-state index in [4.69, 9.17) is 21.3 Å². The maximum absolute atomic E-state index is 13.3. The van der Waals surface area contributed by atoms with Crippen LogP contribution in [-0.2, 0) is 16.1 Å². The van der Waals surface area contributed by atoms with E-state index in [1.807, 2.05) is 6.92 Å². The number of carbonyl (C=O) groups is 1. The predicted octanol–water partition coefficient (Wildman–Crippen LogP) is 4.65. The number of nitrogens with one attached hydrogen (secondary N) is 1. The number of benzene rings is 1. The van der Waals surface area contributed by atoms with Crippen molar-refractivity contribution in [2.45, 2.75) is 82.0 Å². The van der Waals surface area contributed by atoms with Gasteiger partial charge in [0.2, 0.25) is 5.91 Å². The minimum atomic E-state index is -0.376. The summed E-state index contributed by atoms with van der Waals surface area (Å²) in [5.41, 5.74) is 0.433. The molecule has 32 heavy (non-hydrogen) atoms. The highest BCUT2D eigenvalue weighted by Gasteiger charge is 2.30. The summed E-state index contributed by atoms with van der Waals surface area (Å²) in [6, 6.07) is 5.33.